The first-order chi connectivity index (χ1) is 14.4. The van der Waals surface area contributed by atoms with Gasteiger partial charge in [0.1, 0.15) is 11.7 Å². The molecule has 7 heteroatoms. The second kappa shape index (κ2) is 12.1. The van der Waals surface area contributed by atoms with Crippen molar-refractivity contribution in [2.75, 3.05) is 5.73 Å². The van der Waals surface area contributed by atoms with Gasteiger partial charge in [0, 0.05) is 29.9 Å². The van der Waals surface area contributed by atoms with Gasteiger partial charge in [-0.3, -0.25) is 0 Å². The molecule has 0 aliphatic heterocycles. The van der Waals surface area contributed by atoms with Crippen molar-refractivity contribution in [3.05, 3.63) is 64.3 Å². The molecule has 2 aliphatic rings. The summed E-state index contributed by atoms with van der Waals surface area (Å²) < 4.78 is 28.1. The van der Waals surface area contributed by atoms with Gasteiger partial charge >= 0.3 is 0 Å². The van der Waals surface area contributed by atoms with E-state index >= 15 is 0 Å². The number of halogens is 2. The van der Waals surface area contributed by atoms with E-state index in [-0.39, 0.29) is 35.5 Å². The van der Waals surface area contributed by atoms with E-state index in [1.807, 2.05) is 34.6 Å². The lowest BCUT2D eigenvalue weighted by atomic mass is 9.78. The highest BCUT2D eigenvalue weighted by molar-refractivity contribution is 5.50. The summed E-state index contributed by atoms with van der Waals surface area (Å²) in [6, 6.07) is 1.78. The second-order valence-corrected chi connectivity index (χ2v) is 6.75. The fourth-order valence-corrected chi connectivity index (χ4v) is 3.55. The largest absolute Gasteiger partial charge is 0.401 e. The van der Waals surface area contributed by atoms with Crippen molar-refractivity contribution >= 4 is 5.95 Å². The van der Waals surface area contributed by atoms with E-state index in [9.17, 15) is 8.78 Å². The molecule has 30 heavy (non-hydrogen) atoms. The minimum atomic E-state index is -0.620. The fraction of sp³-hybridized carbons (Fsp3) is 0.478. The van der Waals surface area contributed by atoms with Crippen molar-refractivity contribution in [1.82, 2.24) is 9.97 Å². The van der Waals surface area contributed by atoms with E-state index in [1.54, 1.807) is 18.3 Å². The summed E-state index contributed by atoms with van der Waals surface area (Å²) >= 11 is 0. The average Bonchev–Trinajstić information content (AvgIpc) is 2.74. The Kier molecular flexibility index (Phi) is 10.2. The van der Waals surface area contributed by atoms with Crippen LogP contribution in [0.3, 0.4) is 0 Å². The molecule has 0 aromatic carbocycles. The number of aromatic nitrogens is 2. The third kappa shape index (κ3) is 5.90. The molecule has 6 N–H and O–H groups in total. The van der Waals surface area contributed by atoms with Crippen LogP contribution in [0.4, 0.5) is 14.7 Å². The number of nitrogen functional groups attached to an aromatic ring is 1. The monoisotopic (exact) mass is 419 g/mol. The molecule has 1 aromatic heterocycles. The highest BCUT2D eigenvalue weighted by atomic mass is 19.1. The SMILES string of the molecule is CC.CC.CC1CCC(c2ccnc(N)n2)C(N)=C1/C=C(\N)C1=C(F)CCC=C1F. The van der Waals surface area contributed by atoms with Crippen LogP contribution in [0.2, 0.25) is 0 Å². The average molecular weight is 420 g/mol. The van der Waals surface area contributed by atoms with Gasteiger partial charge in [0.25, 0.3) is 0 Å². The van der Waals surface area contributed by atoms with E-state index in [2.05, 4.69) is 9.97 Å². The van der Waals surface area contributed by atoms with Crippen molar-refractivity contribution in [3.63, 3.8) is 0 Å². The smallest absolute Gasteiger partial charge is 0.220 e. The zero-order chi connectivity index (χ0) is 22.8. The van der Waals surface area contributed by atoms with Crippen LogP contribution in [-0.4, -0.2) is 9.97 Å². The predicted octanol–water partition coefficient (Wildman–Crippen LogP) is 5.55. The molecule has 0 saturated heterocycles. The number of anilines is 1. The predicted molar refractivity (Wildman–Crippen MR) is 120 cm³/mol. The Hall–Kier alpha value is -2.70. The van der Waals surface area contributed by atoms with Gasteiger partial charge in [-0.05, 0) is 49.0 Å². The number of hydrogen-bond acceptors (Lipinski definition) is 5. The summed E-state index contributed by atoms with van der Waals surface area (Å²) in [5, 5.41) is 0. The van der Waals surface area contributed by atoms with Gasteiger partial charge in [-0.2, -0.15) is 0 Å². The molecule has 0 fully saturated rings. The number of hydrogen-bond donors (Lipinski definition) is 3. The molecule has 3 rings (SSSR count). The van der Waals surface area contributed by atoms with Crippen molar-refractivity contribution in [1.29, 1.82) is 0 Å². The van der Waals surface area contributed by atoms with Crippen LogP contribution >= 0.6 is 0 Å². The third-order valence-electron chi connectivity index (χ3n) is 4.98. The van der Waals surface area contributed by atoms with Crippen LogP contribution in [0.15, 0.2) is 58.6 Å². The Bertz CT molecular complexity index is 840. The summed E-state index contributed by atoms with van der Waals surface area (Å²) in [6.45, 7) is 10.0. The van der Waals surface area contributed by atoms with Crippen molar-refractivity contribution in [2.24, 2.45) is 17.4 Å². The Morgan fingerprint density at radius 3 is 2.40 bits per heavy atom. The quantitative estimate of drug-likeness (QED) is 0.596. The lowest BCUT2D eigenvalue weighted by molar-refractivity contribution is 0.496. The maximum atomic E-state index is 14.1. The van der Waals surface area contributed by atoms with E-state index in [0.29, 0.717) is 12.1 Å². The minimum Gasteiger partial charge on any atom is -0.401 e. The van der Waals surface area contributed by atoms with Gasteiger partial charge in [-0.1, -0.05) is 34.6 Å². The molecule has 166 valence electrons. The van der Waals surface area contributed by atoms with Crippen LogP contribution in [0.1, 0.15) is 71.9 Å². The molecule has 0 saturated carbocycles. The van der Waals surface area contributed by atoms with Gasteiger partial charge in [0.2, 0.25) is 5.95 Å². The Morgan fingerprint density at radius 2 is 1.80 bits per heavy atom. The van der Waals surface area contributed by atoms with Gasteiger partial charge in [0.05, 0.1) is 11.3 Å². The number of nitrogens with zero attached hydrogens (tertiary/aromatic N) is 2. The highest BCUT2D eigenvalue weighted by Crippen LogP contribution is 2.39. The molecule has 2 unspecified atom stereocenters. The Balaban J connectivity index is 0.00000106. The normalized spacial score (nSPS) is 21.8. The first-order valence-corrected chi connectivity index (χ1v) is 10.7. The summed E-state index contributed by atoms with van der Waals surface area (Å²) in [7, 11) is 0. The molecule has 2 aliphatic carbocycles. The molecule has 0 amide bonds. The van der Waals surface area contributed by atoms with Crippen LogP contribution in [0.25, 0.3) is 0 Å². The summed E-state index contributed by atoms with van der Waals surface area (Å²) in [4.78, 5) is 8.16. The van der Waals surface area contributed by atoms with Crippen molar-refractivity contribution < 1.29 is 8.78 Å². The summed E-state index contributed by atoms with van der Waals surface area (Å²) in [6.07, 6.45) is 6.71. The van der Waals surface area contributed by atoms with E-state index in [4.69, 9.17) is 17.2 Å². The first kappa shape index (κ1) is 25.3. The number of allylic oxidation sites excluding steroid dienone is 6. The van der Waals surface area contributed by atoms with Gasteiger partial charge in [0.15, 0.2) is 0 Å². The van der Waals surface area contributed by atoms with Crippen LogP contribution < -0.4 is 17.2 Å². The molecule has 0 bridgehead atoms. The maximum Gasteiger partial charge on any atom is 0.220 e. The van der Waals surface area contributed by atoms with Crippen LogP contribution in [-0.2, 0) is 0 Å². The van der Waals surface area contributed by atoms with E-state index in [0.717, 1.165) is 24.1 Å². The van der Waals surface area contributed by atoms with Crippen LogP contribution in [0.5, 0.6) is 0 Å². The standard InChI is InChI=1S/C19H23F2N5.2C2H6/c1-10-5-6-11(16-7-8-25-19(24)26-16)18(23)12(10)9-15(22)17-13(20)3-2-4-14(17)21;2*1-2/h3,7-11H,2,4-6,22-23H2,1H3,(H2,24,25,26);2*1-2H3/b15-9-;;. The number of rotatable bonds is 3. The summed E-state index contributed by atoms with van der Waals surface area (Å²) in [5.74, 6) is -0.955. The molecular formula is C23H35F2N5. The van der Waals surface area contributed by atoms with Gasteiger partial charge < -0.3 is 17.2 Å². The maximum absolute atomic E-state index is 14.1. The fourth-order valence-electron chi connectivity index (χ4n) is 3.55. The third-order valence-corrected chi connectivity index (χ3v) is 4.98. The molecule has 0 radical (unpaired) electrons. The number of nitrogens with two attached hydrogens (primary N) is 3. The van der Waals surface area contributed by atoms with E-state index in [1.165, 1.54) is 6.08 Å². The van der Waals surface area contributed by atoms with Gasteiger partial charge in [-0.25, -0.2) is 18.7 Å². The highest BCUT2D eigenvalue weighted by Gasteiger charge is 2.28. The molecule has 2 atom stereocenters. The lowest BCUT2D eigenvalue weighted by Crippen LogP contribution is -2.23. The molecular weight excluding hydrogens is 384 g/mol. The minimum absolute atomic E-state index is 0.0589. The zero-order valence-electron chi connectivity index (χ0n) is 18.7. The molecule has 0 spiro atoms. The zero-order valence-corrected chi connectivity index (χ0v) is 18.7. The first-order valence-electron chi connectivity index (χ1n) is 10.7. The van der Waals surface area contributed by atoms with E-state index < -0.39 is 11.7 Å². The summed E-state index contributed by atoms with van der Waals surface area (Å²) in [5.41, 5.74) is 20.1. The topological polar surface area (TPSA) is 104 Å². The molecule has 1 heterocycles. The molecule has 5 nitrogen and oxygen atoms in total. The Labute approximate surface area is 178 Å². The second-order valence-electron chi connectivity index (χ2n) is 6.75. The molecule has 1 aromatic rings. The van der Waals surface area contributed by atoms with Gasteiger partial charge in [-0.15, -0.1) is 0 Å². The van der Waals surface area contributed by atoms with Crippen molar-refractivity contribution in [3.8, 4) is 0 Å². The van der Waals surface area contributed by atoms with Crippen molar-refractivity contribution in [2.45, 2.75) is 66.2 Å². The lowest BCUT2D eigenvalue weighted by Gasteiger charge is -2.29. The Morgan fingerprint density at radius 1 is 1.13 bits per heavy atom. The van der Waals surface area contributed by atoms with Crippen LogP contribution in [0, 0.1) is 5.92 Å².